The first-order valence-corrected chi connectivity index (χ1v) is 7.79. The Balaban J connectivity index is 1.87. The van der Waals surface area contributed by atoms with E-state index in [4.69, 9.17) is 9.84 Å². The van der Waals surface area contributed by atoms with E-state index in [0.717, 1.165) is 12.8 Å². The number of hydrogen-bond donors (Lipinski definition) is 1. The number of rotatable bonds is 5. The molecular weight excluding hydrogens is 258 g/mol. The minimum absolute atomic E-state index is 0.0261. The van der Waals surface area contributed by atoms with Gasteiger partial charge in [-0.2, -0.15) is 0 Å². The number of carboxylic acids is 1. The Morgan fingerprint density at radius 2 is 1.95 bits per heavy atom. The van der Waals surface area contributed by atoms with Gasteiger partial charge >= 0.3 is 5.97 Å². The van der Waals surface area contributed by atoms with Crippen molar-refractivity contribution in [3.8, 4) is 0 Å². The molecule has 2 atom stereocenters. The Hall–Kier alpha value is -1.10. The fourth-order valence-corrected chi connectivity index (χ4v) is 3.13. The number of carbonyl (C=O) groups is 2. The van der Waals surface area contributed by atoms with Crippen molar-refractivity contribution >= 4 is 11.9 Å². The van der Waals surface area contributed by atoms with Crippen molar-refractivity contribution in [3.63, 3.8) is 0 Å². The number of carboxylic acid groups (broad SMARTS) is 1. The highest BCUT2D eigenvalue weighted by molar-refractivity contribution is 5.82. The third-order valence-electron chi connectivity index (χ3n) is 4.40. The maximum Gasteiger partial charge on any atom is 0.308 e. The van der Waals surface area contributed by atoms with Crippen molar-refractivity contribution in [2.24, 2.45) is 5.92 Å². The Labute approximate surface area is 120 Å². The third kappa shape index (κ3) is 3.72. The molecule has 1 saturated carbocycles. The summed E-state index contributed by atoms with van der Waals surface area (Å²) in [5.74, 6) is -1.24. The molecule has 114 valence electrons. The number of amides is 1. The van der Waals surface area contributed by atoms with Crippen LogP contribution in [0.3, 0.4) is 0 Å². The van der Waals surface area contributed by atoms with E-state index in [1.807, 2.05) is 6.92 Å². The molecule has 1 amide bonds. The summed E-state index contributed by atoms with van der Waals surface area (Å²) in [5, 5.41) is 9.00. The van der Waals surface area contributed by atoms with E-state index in [1.54, 1.807) is 4.90 Å². The predicted octanol–water partition coefficient (Wildman–Crippen LogP) is 2.05. The summed E-state index contributed by atoms with van der Waals surface area (Å²) in [6, 6.07) is 0. The van der Waals surface area contributed by atoms with Crippen LogP contribution in [-0.4, -0.2) is 47.2 Å². The molecule has 1 saturated heterocycles. The molecule has 1 heterocycles. The van der Waals surface area contributed by atoms with Gasteiger partial charge in [-0.15, -0.1) is 0 Å². The number of hydrogen-bond acceptors (Lipinski definition) is 3. The van der Waals surface area contributed by atoms with Gasteiger partial charge in [0.05, 0.1) is 12.0 Å². The van der Waals surface area contributed by atoms with Gasteiger partial charge in [0.2, 0.25) is 0 Å². The van der Waals surface area contributed by atoms with Crippen LogP contribution in [0.25, 0.3) is 0 Å². The lowest BCUT2D eigenvalue weighted by molar-refractivity contribution is -0.148. The van der Waals surface area contributed by atoms with Gasteiger partial charge in [-0.3, -0.25) is 9.59 Å². The molecule has 0 spiro atoms. The van der Waals surface area contributed by atoms with Crippen LogP contribution in [-0.2, 0) is 14.3 Å². The van der Waals surface area contributed by atoms with E-state index in [-0.39, 0.29) is 12.0 Å². The molecule has 0 aromatic carbocycles. The van der Waals surface area contributed by atoms with E-state index in [9.17, 15) is 9.59 Å². The van der Waals surface area contributed by atoms with E-state index in [2.05, 4.69) is 0 Å². The standard InChI is InChI=1S/C15H25NO4/c1-2-13(20-12-6-4-3-5-7-12)14(17)16-9-8-11(10-16)15(18)19/h11-13H,2-10H2,1H3,(H,18,19). The quantitative estimate of drug-likeness (QED) is 0.838. The van der Waals surface area contributed by atoms with Crippen LogP contribution in [0.5, 0.6) is 0 Å². The van der Waals surface area contributed by atoms with Crippen molar-refractivity contribution in [1.82, 2.24) is 4.90 Å². The van der Waals surface area contributed by atoms with Crippen LogP contribution >= 0.6 is 0 Å². The van der Waals surface area contributed by atoms with E-state index in [0.29, 0.717) is 25.9 Å². The lowest BCUT2D eigenvalue weighted by atomic mass is 9.97. The summed E-state index contributed by atoms with van der Waals surface area (Å²) in [6.45, 7) is 2.83. The first kappa shape index (κ1) is 15.3. The lowest BCUT2D eigenvalue weighted by Crippen LogP contribution is -2.41. The molecule has 2 aliphatic rings. The Morgan fingerprint density at radius 1 is 1.25 bits per heavy atom. The van der Waals surface area contributed by atoms with Crippen molar-refractivity contribution in [1.29, 1.82) is 0 Å². The van der Waals surface area contributed by atoms with Gasteiger partial charge in [-0.05, 0) is 25.7 Å². The largest absolute Gasteiger partial charge is 0.481 e. The zero-order valence-electron chi connectivity index (χ0n) is 12.2. The molecule has 2 fully saturated rings. The first-order chi connectivity index (χ1) is 9.61. The molecule has 0 radical (unpaired) electrons. The fourth-order valence-electron chi connectivity index (χ4n) is 3.13. The molecule has 0 bridgehead atoms. The van der Waals surface area contributed by atoms with Gasteiger partial charge in [0, 0.05) is 13.1 Å². The number of aliphatic carboxylic acids is 1. The van der Waals surface area contributed by atoms with Crippen molar-refractivity contribution in [3.05, 3.63) is 0 Å². The Morgan fingerprint density at radius 3 is 2.50 bits per heavy atom. The summed E-state index contributed by atoms with van der Waals surface area (Å²) in [4.78, 5) is 25.0. The fraction of sp³-hybridized carbons (Fsp3) is 0.867. The highest BCUT2D eigenvalue weighted by Gasteiger charge is 2.34. The van der Waals surface area contributed by atoms with Crippen molar-refractivity contribution < 1.29 is 19.4 Å². The van der Waals surface area contributed by atoms with Crippen LogP contribution in [0.1, 0.15) is 51.9 Å². The average Bonchev–Trinajstić information content (AvgIpc) is 2.95. The number of ether oxygens (including phenoxy) is 1. The molecule has 1 aliphatic carbocycles. The maximum atomic E-state index is 12.4. The van der Waals surface area contributed by atoms with Crippen LogP contribution in [0.15, 0.2) is 0 Å². The van der Waals surface area contributed by atoms with Crippen LogP contribution < -0.4 is 0 Å². The minimum atomic E-state index is -0.804. The van der Waals surface area contributed by atoms with Crippen molar-refractivity contribution in [2.45, 2.75) is 64.1 Å². The Bertz CT molecular complexity index is 352. The minimum Gasteiger partial charge on any atom is -0.481 e. The summed E-state index contributed by atoms with van der Waals surface area (Å²) in [6.07, 6.45) is 6.73. The van der Waals surface area contributed by atoms with Gasteiger partial charge in [0.1, 0.15) is 6.10 Å². The second kappa shape index (κ2) is 7.07. The molecule has 20 heavy (non-hydrogen) atoms. The van der Waals surface area contributed by atoms with Gasteiger partial charge < -0.3 is 14.7 Å². The normalized spacial score (nSPS) is 25.6. The Kier molecular flexibility index (Phi) is 5.40. The molecule has 1 aliphatic heterocycles. The summed E-state index contributed by atoms with van der Waals surface area (Å²) in [7, 11) is 0. The van der Waals surface area contributed by atoms with E-state index in [1.165, 1.54) is 19.3 Å². The van der Waals surface area contributed by atoms with Crippen molar-refractivity contribution in [2.75, 3.05) is 13.1 Å². The number of nitrogens with zero attached hydrogens (tertiary/aromatic N) is 1. The number of carbonyl (C=O) groups excluding carboxylic acids is 1. The summed E-state index contributed by atoms with van der Waals surface area (Å²) < 4.78 is 5.97. The highest BCUT2D eigenvalue weighted by Crippen LogP contribution is 2.24. The van der Waals surface area contributed by atoms with Gasteiger partial charge in [-0.1, -0.05) is 26.2 Å². The van der Waals surface area contributed by atoms with E-state index < -0.39 is 18.0 Å². The lowest BCUT2D eigenvalue weighted by Gasteiger charge is -2.29. The second-order valence-electron chi connectivity index (χ2n) is 5.90. The molecule has 0 aromatic rings. The van der Waals surface area contributed by atoms with E-state index >= 15 is 0 Å². The molecule has 1 N–H and O–H groups in total. The van der Waals surface area contributed by atoms with Gasteiger partial charge in [0.15, 0.2) is 0 Å². The summed E-state index contributed by atoms with van der Waals surface area (Å²) in [5.41, 5.74) is 0. The number of likely N-dealkylation sites (tertiary alicyclic amines) is 1. The van der Waals surface area contributed by atoms with Gasteiger partial charge in [-0.25, -0.2) is 0 Å². The smallest absolute Gasteiger partial charge is 0.308 e. The average molecular weight is 283 g/mol. The molecular formula is C15H25NO4. The molecule has 2 rings (SSSR count). The maximum absolute atomic E-state index is 12.4. The zero-order chi connectivity index (χ0) is 14.5. The first-order valence-electron chi connectivity index (χ1n) is 7.79. The molecule has 0 aromatic heterocycles. The van der Waals surface area contributed by atoms with Crippen LogP contribution in [0.4, 0.5) is 0 Å². The molecule has 2 unspecified atom stereocenters. The molecule has 5 heteroatoms. The van der Waals surface area contributed by atoms with Crippen LogP contribution in [0, 0.1) is 5.92 Å². The third-order valence-corrected chi connectivity index (χ3v) is 4.40. The predicted molar refractivity (Wildman–Crippen MR) is 74.4 cm³/mol. The highest BCUT2D eigenvalue weighted by atomic mass is 16.5. The SMILES string of the molecule is CCC(OC1CCCCC1)C(=O)N1CCC(C(=O)O)C1. The monoisotopic (exact) mass is 283 g/mol. The van der Waals surface area contributed by atoms with Crippen LogP contribution in [0.2, 0.25) is 0 Å². The zero-order valence-corrected chi connectivity index (χ0v) is 12.2. The second-order valence-corrected chi connectivity index (χ2v) is 5.90. The molecule has 5 nitrogen and oxygen atoms in total. The van der Waals surface area contributed by atoms with Gasteiger partial charge in [0.25, 0.3) is 5.91 Å². The topological polar surface area (TPSA) is 66.8 Å². The summed E-state index contributed by atoms with van der Waals surface area (Å²) >= 11 is 0.